The molecule has 2 atom stereocenters. The quantitative estimate of drug-likeness (QED) is 0.708. The lowest BCUT2D eigenvalue weighted by atomic mass is 10.0. The first-order valence-electron chi connectivity index (χ1n) is 7.91. The Morgan fingerprint density at radius 1 is 1.12 bits per heavy atom. The van der Waals surface area contributed by atoms with E-state index in [1.54, 1.807) is 41.5 Å². The van der Waals surface area contributed by atoms with Gasteiger partial charge in [0.1, 0.15) is 29.2 Å². The molecule has 0 aliphatic rings. The van der Waals surface area contributed by atoms with Crippen LogP contribution >= 0.6 is 0 Å². The van der Waals surface area contributed by atoms with Gasteiger partial charge in [-0.05, 0) is 47.6 Å². The predicted molar refractivity (Wildman–Crippen MR) is 92.9 cm³/mol. The van der Waals surface area contributed by atoms with Gasteiger partial charge >= 0.3 is 12.1 Å². The largest absolute Gasteiger partial charge is 0.459 e. The average Bonchev–Trinajstić information content (AvgIpc) is 2.42. The SMILES string of the molecule is CC(C)(C)OC(=O)Nc1ccc([C@H](O)[C@@H](N)C(=O)OC(C)(C)C)cn1. The van der Waals surface area contributed by atoms with E-state index in [2.05, 4.69) is 10.3 Å². The van der Waals surface area contributed by atoms with Gasteiger partial charge in [0.2, 0.25) is 0 Å². The summed E-state index contributed by atoms with van der Waals surface area (Å²) < 4.78 is 10.3. The van der Waals surface area contributed by atoms with Gasteiger partial charge in [-0.1, -0.05) is 6.07 Å². The van der Waals surface area contributed by atoms with E-state index < -0.39 is 35.4 Å². The van der Waals surface area contributed by atoms with Crippen molar-refractivity contribution >= 4 is 17.9 Å². The third kappa shape index (κ3) is 7.49. The highest BCUT2D eigenvalue weighted by atomic mass is 16.6. The third-order valence-corrected chi connectivity index (χ3v) is 2.78. The first kappa shape index (κ1) is 20.9. The number of nitrogens with zero attached hydrogens (tertiary/aromatic N) is 1. The summed E-state index contributed by atoms with van der Waals surface area (Å²) in [6, 6.07) is 1.74. The van der Waals surface area contributed by atoms with E-state index in [0.717, 1.165) is 0 Å². The molecule has 1 aromatic rings. The van der Waals surface area contributed by atoms with Gasteiger partial charge in [0.05, 0.1) is 0 Å². The van der Waals surface area contributed by atoms with E-state index in [4.69, 9.17) is 15.2 Å². The summed E-state index contributed by atoms with van der Waals surface area (Å²) >= 11 is 0. The second-order valence-corrected chi connectivity index (χ2v) is 7.61. The van der Waals surface area contributed by atoms with E-state index in [1.807, 2.05) is 0 Å². The molecule has 0 radical (unpaired) electrons. The van der Waals surface area contributed by atoms with Gasteiger partial charge in [-0.25, -0.2) is 9.78 Å². The number of aromatic nitrogens is 1. The van der Waals surface area contributed by atoms with Crippen LogP contribution in [0.15, 0.2) is 18.3 Å². The van der Waals surface area contributed by atoms with Crippen LogP contribution in [0.2, 0.25) is 0 Å². The maximum Gasteiger partial charge on any atom is 0.413 e. The Balaban J connectivity index is 2.72. The standard InChI is InChI=1S/C17H27N3O5/c1-16(2,3)24-14(22)12(18)13(21)10-7-8-11(19-9-10)20-15(23)25-17(4,5)6/h7-9,12-13,21H,18H2,1-6H3,(H,19,20,23)/t12-,13+/m1/s1. The van der Waals surface area contributed by atoms with Crippen molar-refractivity contribution in [2.75, 3.05) is 5.32 Å². The number of hydrogen-bond donors (Lipinski definition) is 3. The van der Waals surface area contributed by atoms with Crippen LogP contribution in [0.3, 0.4) is 0 Å². The Morgan fingerprint density at radius 3 is 2.12 bits per heavy atom. The average molecular weight is 353 g/mol. The normalized spacial score (nSPS) is 14.4. The molecule has 0 saturated heterocycles. The molecule has 0 unspecified atom stereocenters. The Kier molecular flexibility index (Phi) is 6.50. The van der Waals surface area contributed by atoms with Gasteiger partial charge in [-0.2, -0.15) is 0 Å². The summed E-state index contributed by atoms with van der Waals surface area (Å²) in [5.74, 6) is -0.466. The lowest BCUT2D eigenvalue weighted by molar-refractivity contribution is -0.159. The molecule has 1 aromatic heterocycles. The molecule has 0 bridgehead atoms. The highest BCUT2D eigenvalue weighted by Gasteiger charge is 2.29. The Hall–Kier alpha value is -2.19. The molecular formula is C17H27N3O5. The minimum Gasteiger partial charge on any atom is -0.459 e. The van der Waals surface area contributed by atoms with E-state index in [0.29, 0.717) is 5.56 Å². The summed E-state index contributed by atoms with van der Waals surface area (Å²) in [6.45, 7) is 10.4. The van der Waals surface area contributed by atoms with Crippen LogP contribution in [0, 0.1) is 0 Å². The molecule has 25 heavy (non-hydrogen) atoms. The van der Waals surface area contributed by atoms with Crippen LogP contribution in [0.25, 0.3) is 0 Å². The number of carbonyl (C=O) groups excluding carboxylic acids is 2. The fourth-order valence-corrected chi connectivity index (χ4v) is 1.77. The number of nitrogens with two attached hydrogens (primary N) is 1. The van der Waals surface area contributed by atoms with Crippen LogP contribution < -0.4 is 11.1 Å². The van der Waals surface area contributed by atoms with Gasteiger partial charge in [-0.3, -0.25) is 10.1 Å². The molecule has 8 heteroatoms. The zero-order valence-corrected chi connectivity index (χ0v) is 15.5. The Bertz CT molecular complexity index is 602. The maximum absolute atomic E-state index is 11.9. The van der Waals surface area contributed by atoms with Crippen molar-refractivity contribution in [3.05, 3.63) is 23.9 Å². The smallest absolute Gasteiger partial charge is 0.413 e. The Morgan fingerprint density at radius 2 is 1.68 bits per heavy atom. The fourth-order valence-electron chi connectivity index (χ4n) is 1.77. The summed E-state index contributed by atoms with van der Waals surface area (Å²) in [5.41, 5.74) is 4.75. The van der Waals surface area contributed by atoms with Gasteiger partial charge in [0, 0.05) is 11.8 Å². The number of amides is 1. The molecule has 0 aromatic carbocycles. The lowest BCUT2D eigenvalue weighted by Gasteiger charge is -2.24. The van der Waals surface area contributed by atoms with Crippen molar-refractivity contribution in [1.82, 2.24) is 4.98 Å². The molecule has 140 valence electrons. The minimum absolute atomic E-state index is 0.246. The molecule has 4 N–H and O–H groups in total. The number of nitrogens with one attached hydrogen (secondary N) is 1. The fraction of sp³-hybridized carbons (Fsp3) is 0.588. The molecule has 1 rings (SSSR count). The van der Waals surface area contributed by atoms with Gasteiger partial charge in [0.25, 0.3) is 0 Å². The number of carbonyl (C=O) groups is 2. The second kappa shape index (κ2) is 7.79. The molecule has 0 aliphatic heterocycles. The van der Waals surface area contributed by atoms with E-state index in [9.17, 15) is 14.7 Å². The molecule has 0 fully saturated rings. The number of hydrogen-bond acceptors (Lipinski definition) is 7. The zero-order chi connectivity index (χ0) is 19.4. The zero-order valence-electron chi connectivity index (χ0n) is 15.5. The number of aliphatic hydroxyl groups excluding tert-OH is 1. The van der Waals surface area contributed by atoms with Gasteiger partial charge < -0.3 is 20.3 Å². The van der Waals surface area contributed by atoms with Crippen molar-refractivity contribution in [2.45, 2.75) is 64.9 Å². The first-order valence-corrected chi connectivity index (χ1v) is 7.91. The summed E-state index contributed by atoms with van der Waals surface area (Å²) in [7, 11) is 0. The van der Waals surface area contributed by atoms with Crippen molar-refractivity contribution in [1.29, 1.82) is 0 Å². The van der Waals surface area contributed by atoms with Crippen molar-refractivity contribution in [3.63, 3.8) is 0 Å². The van der Waals surface area contributed by atoms with E-state index in [-0.39, 0.29) is 5.82 Å². The summed E-state index contributed by atoms with van der Waals surface area (Å²) in [6.07, 6.45) is -0.599. The number of ether oxygens (including phenoxy) is 2. The molecular weight excluding hydrogens is 326 g/mol. The molecule has 1 heterocycles. The maximum atomic E-state index is 11.9. The van der Waals surface area contributed by atoms with Crippen molar-refractivity contribution < 1.29 is 24.2 Å². The van der Waals surface area contributed by atoms with Crippen molar-refractivity contribution in [3.8, 4) is 0 Å². The summed E-state index contributed by atoms with van der Waals surface area (Å²) in [5, 5.41) is 12.7. The number of rotatable bonds is 4. The molecule has 0 aliphatic carbocycles. The number of anilines is 1. The van der Waals surface area contributed by atoms with Crippen molar-refractivity contribution in [2.24, 2.45) is 5.73 Å². The van der Waals surface area contributed by atoms with E-state index >= 15 is 0 Å². The van der Waals surface area contributed by atoms with Gasteiger partial charge in [0.15, 0.2) is 0 Å². The molecule has 1 amide bonds. The molecule has 8 nitrogen and oxygen atoms in total. The number of pyridine rings is 1. The summed E-state index contributed by atoms with van der Waals surface area (Å²) in [4.78, 5) is 27.6. The molecule has 0 saturated carbocycles. The second-order valence-electron chi connectivity index (χ2n) is 7.61. The minimum atomic E-state index is -1.28. The van der Waals surface area contributed by atoms with Crippen LogP contribution in [0.1, 0.15) is 53.2 Å². The monoisotopic (exact) mass is 353 g/mol. The van der Waals surface area contributed by atoms with Crippen LogP contribution in [0.5, 0.6) is 0 Å². The van der Waals surface area contributed by atoms with E-state index in [1.165, 1.54) is 18.3 Å². The topological polar surface area (TPSA) is 124 Å². The number of aliphatic hydroxyl groups is 1. The number of esters is 1. The third-order valence-electron chi connectivity index (χ3n) is 2.78. The predicted octanol–water partition coefficient (Wildman–Crippen LogP) is 2.13. The highest BCUT2D eigenvalue weighted by molar-refractivity contribution is 5.83. The van der Waals surface area contributed by atoms with Crippen LogP contribution in [-0.2, 0) is 14.3 Å². The van der Waals surface area contributed by atoms with Gasteiger partial charge in [-0.15, -0.1) is 0 Å². The highest BCUT2D eigenvalue weighted by Crippen LogP contribution is 2.19. The first-order chi connectivity index (χ1) is 11.3. The van der Waals surface area contributed by atoms with Crippen LogP contribution in [0.4, 0.5) is 10.6 Å². The Labute approximate surface area is 147 Å². The lowest BCUT2D eigenvalue weighted by Crippen LogP contribution is -2.41. The van der Waals surface area contributed by atoms with Crippen LogP contribution in [-0.4, -0.2) is 39.4 Å². The molecule has 0 spiro atoms.